The molecule has 2 aromatic rings. The molecule has 0 saturated heterocycles. The first kappa shape index (κ1) is 17.0. The van der Waals surface area contributed by atoms with Gasteiger partial charge < -0.3 is 20.4 Å². The Labute approximate surface area is 144 Å². The molecule has 6 nitrogen and oxygen atoms in total. The van der Waals surface area contributed by atoms with Crippen LogP contribution in [0.1, 0.15) is 57.2 Å². The van der Waals surface area contributed by atoms with E-state index in [9.17, 15) is 30.0 Å². The van der Waals surface area contributed by atoms with Gasteiger partial charge in [-0.2, -0.15) is 0 Å². The van der Waals surface area contributed by atoms with Crippen LogP contribution in [0.4, 0.5) is 0 Å². The number of fused-ring (bicyclic) bond motifs is 2. The van der Waals surface area contributed by atoms with Gasteiger partial charge in [-0.05, 0) is 36.6 Å². The minimum Gasteiger partial charge on any atom is -0.508 e. The summed E-state index contributed by atoms with van der Waals surface area (Å²) < 4.78 is 0. The summed E-state index contributed by atoms with van der Waals surface area (Å²) in [6, 6.07) is 4.92. The summed E-state index contributed by atoms with van der Waals surface area (Å²) in [5, 5.41) is 39.7. The van der Waals surface area contributed by atoms with Gasteiger partial charge in [0.1, 0.15) is 17.2 Å². The molecule has 1 atom stereocenters. The number of aromatic hydroxyl groups is 3. The van der Waals surface area contributed by atoms with E-state index in [1.165, 1.54) is 12.1 Å². The van der Waals surface area contributed by atoms with Crippen molar-refractivity contribution in [2.75, 3.05) is 0 Å². The van der Waals surface area contributed by atoms with Crippen LogP contribution >= 0.6 is 0 Å². The van der Waals surface area contributed by atoms with Crippen molar-refractivity contribution in [1.29, 1.82) is 0 Å². The minimum atomic E-state index is -0.680. The van der Waals surface area contributed by atoms with E-state index < -0.39 is 23.4 Å². The van der Waals surface area contributed by atoms with Crippen LogP contribution in [0.25, 0.3) is 0 Å². The summed E-state index contributed by atoms with van der Waals surface area (Å²) in [5.74, 6) is -2.47. The average Bonchev–Trinajstić information content (AvgIpc) is 2.51. The van der Waals surface area contributed by atoms with Crippen molar-refractivity contribution in [2.24, 2.45) is 0 Å². The lowest BCUT2D eigenvalue weighted by Crippen LogP contribution is -2.22. The lowest BCUT2D eigenvalue weighted by molar-refractivity contribution is 0.0973. The van der Waals surface area contributed by atoms with Crippen LogP contribution in [0.15, 0.2) is 24.3 Å². The quantitative estimate of drug-likeness (QED) is 0.578. The molecule has 0 spiro atoms. The maximum absolute atomic E-state index is 12.7. The van der Waals surface area contributed by atoms with Crippen molar-refractivity contribution < 1.29 is 30.0 Å². The second-order valence-corrected chi connectivity index (χ2v) is 6.23. The Morgan fingerprint density at radius 1 is 0.880 bits per heavy atom. The van der Waals surface area contributed by atoms with Crippen LogP contribution in [0.2, 0.25) is 0 Å². The molecule has 0 heterocycles. The summed E-state index contributed by atoms with van der Waals surface area (Å²) >= 11 is 0. The van der Waals surface area contributed by atoms with Gasteiger partial charge in [0.2, 0.25) is 5.78 Å². The molecule has 25 heavy (non-hydrogen) atoms. The number of ketones is 2. The first-order chi connectivity index (χ1) is 11.8. The number of phenolic OH excluding ortho intramolecular Hbond substituents is 3. The molecule has 1 aliphatic rings. The van der Waals surface area contributed by atoms with E-state index >= 15 is 0 Å². The van der Waals surface area contributed by atoms with Crippen LogP contribution in [0, 0.1) is 0 Å². The molecule has 0 fully saturated rings. The van der Waals surface area contributed by atoms with Crippen molar-refractivity contribution in [3.63, 3.8) is 0 Å². The number of carbonyl (C=O) groups is 2. The Hall–Kier alpha value is -2.86. The highest BCUT2D eigenvalue weighted by Gasteiger charge is 2.35. The Bertz CT molecular complexity index is 884. The van der Waals surface area contributed by atoms with Crippen LogP contribution in [0.5, 0.6) is 17.2 Å². The molecule has 1 aliphatic carbocycles. The number of phenols is 3. The lowest BCUT2D eigenvalue weighted by atomic mass is 9.81. The number of hydrogen-bond acceptors (Lipinski definition) is 6. The molecular weight excluding hydrogens is 324 g/mol. The largest absolute Gasteiger partial charge is 0.508 e. The molecule has 0 bridgehead atoms. The zero-order valence-electron chi connectivity index (χ0n) is 13.6. The summed E-state index contributed by atoms with van der Waals surface area (Å²) in [7, 11) is 0. The fourth-order valence-electron chi connectivity index (χ4n) is 3.23. The zero-order chi connectivity index (χ0) is 18.3. The van der Waals surface area contributed by atoms with Crippen molar-refractivity contribution >= 4 is 11.6 Å². The summed E-state index contributed by atoms with van der Waals surface area (Å²) in [5.41, 5.74) is 0.0182. The second kappa shape index (κ2) is 6.22. The molecule has 0 aliphatic heterocycles. The monoisotopic (exact) mass is 342 g/mol. The first-order valence-corrected chi connectivity index (χ1v) is 8.02. The first-order valence-electron chi connectivity index (χ1n) is 8.02. The van der Waals surface area contributed by atoms with Gasteiger partial charge in [0.15, 0.2) is 5.78 Å². The smallest absolute Gasteiger partial charge is 0.201 e. The fraction of sp³-hybridized carbons (Fsp3) is 0.263. The van der Waals surface area contributed by atoms with E-state index in [1.807, 2.05) is 6.92 Å². The Balaban J connectivity index is 2.12. The number of rotatable bonds is 4. The summed E-state index contributed by atoms with van der Waals surface area (Å²) in [4.78, 5) is 25.4. The van der Waals surface area contributed by atoms with Crippen molar-refractivity contribution in [3.8, 4) is 17.2 Å². The predicted octanol–water partition coefficient (Wildman–Crippen LogP) is 2.28. The van der Waals surface area contributed by atoms with E-state index in [-0.39, 0.29) is 40.2 Å². The third-order valence-corrected chi connectivity index (χ3v) is 4.32. The predicted molar refractivity (Wildman–Crippen MR) is 89.4 cm³/mol. The number of carbonyl (C=O) groups excluding carboxylic acids is 2. The fourth-order valence-corrected chi connectivity index (χ4v) is 3.23. The molecule has 0 aromatic heterocycles. The molecule has 6 heteroatoms. The van der Waals surface area contributed by atoms with Gasteiger partial charge in [0, 0.05) is 17.2 Å². The third-order valence-electron chi connectivity index (χ3n) is 4.32. The van der Waals surface area contributed by atoms with Gasteiger partial charge in [0.05, 0.1) is 17.2 Å². The standard InChI is InChI=1S/C19H18O6/c1-2-3-10(20)4-9-5-12-16(14(22)6-9)19(25)17-13(18(12)24)7-11(21)8-15(17)23/h5-8,10,20-23H,2-4H2,1H3. The van der Waals surface area contributed by atoms with Gasteiger partial charge in [-0.15, -0.1) is 0 Å². The minimum absolute atomic E-state index is 0.00111. The highest BCUT2D eigenvalue weighted by molar-refractivity contribution is 6.30. The van der Waals surface area contributed by atoms with E-state index in [2.05, 4.69) is 0 Å². The van der Waals surface area contributed by atoms with Crippen LogP contribution in [0.3, 0.4) is 0 Å². The van der Waals surface area contributed by atoms with Gasteiger partial charge in [-0.3, -0.25) is 9.59 Å². The van der Waals surface area contributed by atoms with Crippen molar-refractivity contribution in [2.45, 2.75) is 32.3 Å². The van der Waals surface area contributed by atoms with Gasteiger partial charge >= 0.3 is 0 Å². The number of hydrogen-bond donors (Lipinski definition) is 4. The van der Waals surface area contributed by atoms with Crippen LogP contribution < -0.4 is 0 Å². The molecular formula is C19H18O6. The van der Waals surface area contributed by atoms with E-state index in [0.717, 1.165) is 18.6 Å². The van der Waals surface area contributed by atoms with Crippen LogP contribution in [-0.4, -0.2) is 38.1 Å². The molecule has 1 unspecified atom stereocenters. The van der Waals surface area contributed by atoms with E-state index in [4.69, 9.17) is 0 Å². The van der Waals surface area contributed by atoms with Crippen molar-refractivity contribution in [3.05, 3.63) is 52.1 Å². The maximum atomic E-state index is 12.7. The lowest BCUT2D eigenvalue weighted by Gasteiger charge is -2.21. The molecule has 2 aromatic carbocycles. The van der Waals surface area contributed by atoms with Gasteiger partial charge in [-0.25, -0.2) is 0 Å². The number of aliphatic hydroxyl groups is 1. The topological polar surface area (TPSA) is 115 Å². The van der Waals surface area contributed by atoms with E-state index in [1.54, 1.807) is 0 Å². The van der Waals surface area contributed by atoms with Gasteiger partial charge in [0.25, 0.3) is 0 Å². The number of benzene rings is 2. The molecule has 0 radical (unpaired) electrons. The Kier molecular flexibility index (Phi) is 4.22. The van der Waals surface area contributed by atoms with Gasteiger partial charge in [-0.1, -0.05) is 13.3 Å². The number of aliphatic hydroxyl groups excluding tert-OH is 1. The van der Waals surface area contributed by atoms with E-state index in [0.29, 0.717) is 12.0 Å². The highest BCUT2D eigenvalue weighted by atomic mass is 16.3. The molecule has 0 saturated carbocycles. The van der Waals surface area contributed by atoms with Crippen LogP contribution in [-0.2, 0) is 6.42 Å². The third kappa shape index (κ3) is 2.85. The molecule has 3 rings (SSSR count). The summed E-state index contributed by atoms with van der Waals surface area (Å²) in [6.45, 7) is 1.94. The van der Waals surface area contributed by atoms with Crippen molar-refractivity contribution in [1.82, 2.24) is 0 Å². The summed E-state index contributed by atoms with van der Waals surface area (Å²) in [6.07, 6.45) is 1.00. The molecule has 4 N–H and O–H groups in total. The molecule has 0 amide bonds. The second-order valence-electron chi connectivity index (χ2n) is 6.23. The maximum Gasteiger partial charge on any atom is 0.201 e. The average molecular weight is 342 g/mol. The SMILES string of the molecule is CCCC(O)Cc1cc(O)c2c(c1)C(=O)c1cc(O)cc(O)c1C2=O. The Morgan fingerprint density at radius 2 is 1.48 bits per heavy atom. The highest BCUT2D eigenvalue weighted by Crippen LogP contribution is 2.39. The molecule has 130 valence electrons. The normalized spacial score (nSPS) is 14.2. The Morgan fingerprint density at radius 3 is 2.12 bits per heavy atom. The zero-order valence-corrected chi connectivity index (χ0v) is 13.6.